The molecule has 20 heavy (non-hydrogen) atoms. The highest BCUT2D eigenvalue weighted by atomic mass is 19.1. The van der Waals surface area contributed by atoms with Crippen LogP contribution in [0.4, 0.5) is 4.39 Å². The predicted octanol–water partition coefficient (Wildman–Crippen LogP) is 2.59. The summed E-state index contributed by atoms with van der Waals surface area (Å²) in [6.45, 7) is 0.544. The summed E-state index contributed by atoms with van der Waals surface area (Å²) in [5.74, 6) is -0.161. The second kappa shape index (κ2) is 5.17. The molecule has 0 saturated heterocycles. The number of nitrogens with two attached hydrogens (primary N) is 1. The Hall–Kier alpha value is -1.42. The first kappa shape index (κ1) is 13.6. The molecule has 0 aliphatic heterocycles. The van der Waals surface area contributed by atoms with E-state index in [0.717, 1.165) is 44.1 Å². The maximum atomic E-state index is 13.0. The topological polar surface area (TPSA) is 46.3 Å². The van der Waals surface area contributed by atoms with E-state index in [0.29, 0.717) is 12.6 Å². The van der Waals surface area contributed by atoms with Crippen LogP contribution >= 0.6 is 0 Å². The molecule has 1 amide bonds. The fourth-order valence-electron chi connectivity index (χ4n) is 3.05. The van der Waals surface area contributed by atoms with Crippen molar-refractivity contribution in [2.75, 3.05) is 0 Å². The highest BCUT2D eigenvalue weighted by Gasteiger charge is 2.44. The largest absolute Gasteiger partial charge is 0.334 e. The lowest BCUT2D eigenvalue weighted by atomic mass is 9.96. The highest BCUT2D eigenvalue weighted by molar-refractivity contribution is 5.87. The van der Waals surface area contributed by atoms with E-state index in [1.54, 1.807) is 12.1 Å². The lowest BCUT2D eigenvalue weighted by Gasteiger charge is -2.32. The third kappa shape index (κ3) is 2.70. The third-order valence-corrected chi connectivity index (χ3v) is 4.44. The second-order valence-corrected chi connectivity index (χ2v) is 6.15. The van der Waals surface area contributed by atoms with Crippen LogP contribution in [0.15, 0.2) is 24.3 Å². The van der Waals surface area contributed by atoms with Crippen molar-refractivity contribution in [2.24, 2.45) is 5.73 Å². The minimum Gasteiger partial charge on any atom is -0.334 e. The highest BCUT2D eigenvalue weighted by Crippen LogP contribution is 2.35. The van der Waals surface area contributed by atoms with Crippen LogP contribution in [0.3, 0.4) is 0 Å². The summed E-state index contributed by atoms with van der Waals surface area (Å²) >= 11 is 0. The van der Waals surface area contributed by atoms with Crippen molar-refractivity contribution < 1.29 is 9.18 Å². The van der Waals surface area contributed by atoms with E-state index >= 15 is 0 Å². The number of halogens is 1. The Morgan fingerprint density at radius 2 is 1.85 bits per heavy atom. The number of carbonyl (C=O) groups excluding carboxylic acids is 1. The van der Waals surface area contributed by atoms with Gasteiger partial charge in [0, 0.05) is 12.6 Å². The molecule has 2 aliphatic carbocycles. The average Bonchev–Trinajstić information content (AvgIpc) is 3.19. The van der Waals surface area contributed by atoms with Gasteiger partial charge in [-0.1, -0.05) is 25.0 Å². The summed E-state index contributed by atoms with van der Waals surface area (Å²) < 4.78 is 13.0. The number of hydrogen-bond donors (Lipinski definition) is 1. The summed E-state index contributed by atoms with van der Waals surface area (Å²) in [6, 6.07) is 6.71. The van der Waals surface area contributed by atoms with Crippen molar-refractivity contribution in [1.82, 2.24) is 4.90 Å². The summed E-state index contributed by atoms with van der Waals surface area (Å²) in [7, 11) is 0. The normalized spacial score (nSPS) is 20.9. The molecule has 0 spiro atoms. The molecular formula is C16H21FN2O. The van der Waals surface area contributed by atoms with E-state index in [1.807, 2.05) is 4.90 Å². The molecule has 2 aliphatic rings. The molecule has 1 aromatic rings. The standard InChI is InChI=1S/C16H21FN2O/c17-13-5-3-12(4-6-13)11-19(14-7-8-14)15(20)16(18)9-1-2-10-16/h3-6,14H,1-2,7-11,18H2. The van der Waals surface area contributed by atoms with Crippen LogP contribution in [-0.4, -0.2) is 22.4 Å². The van der Waals surface area contributed by atoms with Gasteiger partial charge in [0.25, 0.3) is 0 Å². The minimum absolute atomic E-state index is 0.0850. The van der Waals surface area contributed by atoms with E-state index in [2.05, 4.69) is 0 Å². The van der Waals surface area contributed by atoms with Gasteiger partial charge in [-0.15, -0.1) is 0 Å². The molecule has 2 fully saturated rings. The van der Waals surface area contributed by atoms with Crippen LogP contribution in [0.25, 0.3) is 0 Å². The molecule has 108 valence electrons. The molecule has 2 N–H and O–H groups in total. The minimum atomic E-state index is -0.664. The Kier molecular flexibility index (Phi) is 3.50. The molecule has 0 atom stereocenters. The van der Waals surface area contributed by atoms with Crippen LogP contribution in [0, 0.1) is 5.82 Å². The number of rotatable bonds is 4. The first-order valence-corrected chi connectivity index (χ1v) is 7.43. The Labute approximate surface area is 118 Å². The fourth-order valence-corrected chi connectivity index (χ4v) is 3.05. The predicted molar refractivity (Wildman–Crippen MR) is 75.4 cm³/mol. The van der Waals surface area contributed by atoms with Gasteiger partial charge in [0.1, 0.15) is 5.82 Å². The molecule has 0 radical (unpaired) electrons. The lowest BCUT2D eigenvalue weighted by molar-refractivity contribution is -0.138. The van der Waals surface area contributed by atoms with E-state index in [1.165, 1.54) is 12.1 Å². The van der Waals surface area contributed by atoms with Crippen molar-refractivity contribution in [3.05, 3.63) is 35.6 Å². The van der Waals surface area contributed by atoms with Gasteiger partial charge in [-0.3, -0.25) is 4.79 Å². The molecule has 2 saturated carbocycles. The zero-order valence-electron chi connectivity index (χ0n) is 11.6. The van der Waals surface area contributed by atoms with Crippen molar-refractivity contribution >= 4 is 5.91 Å². The quantitative estimate of drug-likeness (QED) is 0.918. The summed E-state index contributed by atoms with van der Waals surface area (Å²) in [4.78, 5) is 14.7. The van der Waals surface area contributed by atoms with Gasteiger partial charge in [0.15, 0.2) is 0 Å². The van der Waals surface area contributed by atoms with E-state index in [4.69, 9.17) is 5.73 Å². The van der Waals surface area contributed by atoms with Crippen LogP contribution in [0.2, 0.25) is 0 Å². The smallest absolute Gasteiger partial charge is 0.243 e. The maximum absolute atomic E-state index is 13.0. The first-order chi connectivity index (χ1) is 9.58. The van der Waals surface area contributed by atoms with Gasteiger partial charge in [0.2, 0.25) is 5.91 Å². The first-order valence-electron chi connectivity index (χ1n) is 7.43. The zero-order valence-corrected chi connectivity index (χ0v) is 11.6. The monoisotopic (exact) mass is 276 g/mol. The van der Waals surface area contributed by atoms with Crippen molar-refractivity contribution in [3.63, 3.8) is 0 Å². The van der Waals surface area contributed by atoms with Crippen molar-refractivity contribution in [2.45, 2.75) is 56.7 Å². The molecule has 4 heteroatoms. The maximum Gasteiger partial charge on any atom is 0.243 e. The molecule has 0 aromatic heterocycles. The number of carbonyl (C=O) groups is 1. The van der Waals surface area contributed by atoms with Crippen LogP contribution in [0.5, 0.6) is 0 Å². The molecule has 0 bridgehead atoms. The summed E-state index contributed by atoms with van der Waals surface area (Å²) in [5.41, 5.74) is 6.60. The Bertz CT molecular complexity index is 490. The van der Waals surface area contributed by atoms with Gasteiger partial charge in [-0.25, -0.2) is 4.39 Å². The Morgan fingerprint density at radius 1 is 1.25 bits per heavy atom. The second-order valence-electron chi connectivity index (χ2n) is 6.15. The number of benzene rings is 1. The number of hydrogen-bond acceptors (Lipinski definition) is 2. The molecular weight excluding hydrogens is 255 g/mol. The third-order valence-electron chi connectivity index (χ3n) is 4.44. The Morgan fingerprint density at radius 3 is 2.40 bits per heavy atom. The van der Waals surface area contributed by atoms with E-state index < -0.39 is 5.54 Å². The van der Waals surface area contributed by atoms with Crippen LogP contribution in [-0.2, 0) is 11.3 Å². The summed E-state index contributed by atoms with van der Waals surface area (Å²) in [5, 5.41) is 0. The molecule has 3 rings (SSSR count). The summed E-state index contributed by atoms with van der Waals surface area (Å²) in [6.07, 6.45) is 5.78. The number of amides is 1. The fraction of sp³-hybridized carbons (Fsp3) is 0.562. The van der Waals surface area contributed by atoms with Gasteiger partial charge in [0.05, 0.1) is 5.54 Å². The van der Waals surface area contributed by atoms with Gasteiger partial charge in [-0.2, -0.15) is 0 Å². The SMILES string of the molecule is NC1(C(=O)N(Cc2ccc(F)cc2)C2CC2)CCCC1. The van der Waals surface area contributed by atoms with Crippen LogP contribution in [0.1, 0.15) is 44.1 Å². The average molecular weight is 276 g/mol. The zero-order chi connectivity index (χ0) is 14.2. The van der Waals surface area contributed by atoms with Gasteiger partial charge >= 0.3 is 0 Å². The van der Waals surface area contributed by atoms with Crippen molar-refractivity contribution in [1.29, 1.82) is 0 Å². The van der Waals surface area contributed by atoms with Gasteiger partial charge < -0.3 is 10.6 Å². The molecule has 1 aromatic carbocycles. The molecule has 3 nitrogen and oxygen atoms in total. The van der Waals surface area contributed by atoms with E-state index in [-0.39, 0.29) is 11.7 Å². The van der Waals surface area contributed by atoms with Crippen LogP contribution < -0.4 is 5.73 Å². The Balaban J connectivity index is 1.75. The van der Waals surface area contributed by atoms with E-state index in [9.17, 15) is 9.18 Å². The molecule has 0 heterocycles. The lowest BCUT2D eigenvalue weighted by Crippen LogP contribution is -2.54. The molecule has 0 unspecified atom stereocenters. The van der Waals surface area contributed by atoms with Gasteiger partial charge in [-0.05, 0) is 43.4 Å². The van der Waals surface area contributed by atoms with Crippen molar-refractivity contribution in [3.8, 4) is 0 Å². The number of nitrogens with zero attached hydrogens (tertiary/aromatic N) is 1.